The average molecular weight is 530 g/mol. The van der Waals surface area contributed by atoms with Gasteiger partial charge in [-0.1, -0.05) is 43.3 Å². The highest BCUT2D eigenvalue weighted by Gasteiger charge is 2.28. The number of pyridine rings is 1. The molecule has 1 aliphatic heterocycles. The fourth-order valence-electron chi connectivity index (χ4n) is 4.02. The summed E-state index contributed by atoms with van der Waals surface area (Å²) in [4.78, 5) is 44.2. The van der Waals surface area contributed by atoms with E-state index in [9.17, 15) is 9.59 Å². The summed E-state index contributed by atoms with van der Waals surface area (Å²) in [5.74, 6) is 1.20. The van der Waals surface area contributed by atoms with E-state index in [1.807, 2.05) is 37.8 Å². The van der Waals surface area contributed by atoms with Crippen LogP contribution >= 0.6 is 23.4 Å². The summed E-state index contributed by atoms with van der Waals surface area (Å²) in [6.45, 7) is 8.78. The number of carbonyl (C=O) groups is 2. The Morgan fingerprint density at radius 3 is 2.81 bits per heavy atom. The molecule has 0 aromatic carbocycles. The minimum absolute atomic E-state index is 0.0533. The van der Waals surface area contributed by atoms with Gasteiger partial charge in [-0.15, -0.1) is 0 Å². The predicted octanol–water partition coefficient (Wildman–Crippen LogP) is 3.64. The molecular weight excluding hydrogens is 498 g/mol. The van der Waals surface area contributed by atoms with Gasteiger partial charge in [0.15, 0.2) is 5.16 Å². The van der Waals surface area contributed by atoms with Crippen molar-refractivity contribution in [2.45, 2.75) is 51.4 Å². The normalized spacial score (nSPS) is 15.6. The molecule has 192 valence electrons. The van der Waals surface area contributed by atoms with Gasteiger partial charge in [0.25, 0.3) is 0 Å². The molecule has 11 heteroatoms. The van der Waals surface area contributed by atoms with Gasteiger partial charge in [-0.3, -0.25) is 14.6 Å². The monoisotopic (exact) mass is 529 g/mol. The number of nitriles is 1. The molecule has 36 heavy (non-hydrogen) atoms. The maximum atomic E-state index is 13.0. The number of thioether (sulfide) groups is 1. The van der Waals surface area contributed by atoms with E-state index in [-0.39, 0.29) is 30.0 Å². The third-order valence-electron chi connectivity index (χ3n) is 5.78. The van der Waals surface area contributed by atoms with Crippen LogP contribution in [0.2, 0.25) is 5.15 Å². The maximum absolute atomic E-state index is 13.0. The minimum Gasteiger partial charge on any atom is -0.353 e. The van der Waals surface area contributed by atoms with Crippen LogP contribution in [-0.2, 0) is 16.1 Å². The molecule has 2 aromatic rings. The zero-order valence-corrected chi connectivity index (χ0v) is 22.5. The Morgan fingerprint density at radius 2 is 2.14 bits per heavy atom. The number of hydrogen-bond donors (Lipinski definition) is 0. The van der Waals surface area contributed by atoms with Gasteiger partial charge in [-0.2, -0.15) is 5.26 Å². The molecule has 9 nitrogen and oxygen atoms in total. The molecule has 0 radical (unpaired) electrons. The van der Waals surface area contributed by atoms with Crippen molar-refractivity contribution in [1.82, 2.24) is 24.8 Å². The van der Waals surface area contributed by atoms with E-state index in [2.05, 4.69) is 25.9 Å². The lowest BCUT2D eigenvalue weighted by Gasteiger charge is -2.40. The topological polar surface area (TPSA) is 106 Å². The Labute approximate surface area is 221 Å². The Morgan fingerprint density at radius 1 is 1.33 bits per heavy atom. The zero-order chi connectivity index (χ0) is 26.1. The van der Waals surface area contributed by atoms with E-state index < -0.39 is 0 Å². The first-order chi connectivity index (χ1) is 17.3. The molecule has 1 unspecified atom stereocenters. The van der Waals surface area contributed by atoms with Crippen LogP contribution in [-0.4, -0.2) is 74.5 Å². The number of anilines is 1. The molecule has 1 atom stereocenters. The summed E-state index contributed by atoms with van der Waals surface area (Å²) in [6.07, 6.45) is 4.19. The van der Waals surface area contributed by atoms with E-state index in [0.717, 1.165) is 5.56 Å². The molecule has 0 aliphatic carbocycles. The molecular formula is C25H32ClN7O2S. The number of halogens is 1. The second-order valence-electron chi connectivity index (χ2n) is 9.18. The van der Waals surface area contributed by atoms with Crippen LogP contribution in [0.3, 0.4) is 0 Å². The quantitative estimate of drug-likeness (QED) is 0.261. The molecule has 0 spiro atoms. The van der Waals surface area contributed by atoms with Crippen molar-refractivity contribution in [3.63, 3.8) is 0 Å². The van der Waals surface area contributed by atoms with Crippen LogP contribution in [0, 0.1) is 17.2 Å². The lowest BCUT2D eigenvalue weighted by atomic mass is 10.1. The third kappa shape index (κ3) is 8.07. The molecule has 3 rings (SSSR count). The number of hydrogen-bond acceptors (Lipinski definition) is 8. The highest BCUT2D eigenvalue weighted by Crippen LogP contribution is 2.25. The summed E-state index contributed by atoms with van der Waals surface area (Å²) in [5, 5.41) is 9.71. The van der Waals surface area contributed by atoms with Crippen molar-refractivity contribution >= 4 is 41.0 Å². The summed E-state index contributed by atoms with van der Waals surface area (Å²) in [5.41, 5.74) is 0.898. The van der Waals surface area contributed by atoms with Crippen molar-refractivity contribution in [3.8, 4) is 6.07 Å². The number of aromatic nitrogens is 3. The number of amides is 2. The molecule has 0 N–H and O–H groups in total. The van der Waals surface area contributed by atoms with Crippen molar-refractivity contribution in [2.24, 2.45) is 5.92 Å². The third-order valence-corrected chi connectivity index (χ3v) is 6.81. The molecule has 3 heterocycles. The van der Waals surface area contributed by atoms with Crippen molar-refractivity contribution in [2.75, 3.05) is 36.8 Å². The Hall–Kier alpha value is -2.90. The van der Waals surface area contributed by atoms with Gasteiger partial charge < -0.3 is 14.7 Å². The fourth-order valence-corrected chi connectivity index (χ4v) is 5.01. The van der Waals surface area contributed by atoms with Gasteiger partial charge in [0, 0.05) is 63.6 Å². The van der Waals surface area contributed by atoms with E-state index in [1.54, 1.807) is 23.4 Å². The molecule has 1 saturated heterocycles. The van der Waals surface area contributed by atoms with Gasteiger partial charge in [0.05, 0.1) is 18.2 Å². The Balaban J connectivity index is 1.63. The highest BCUT2D eigenvalue weighted by molar-refractivity contribution is 7.99. The lowest BCUT2D eigenvalue weighted by molar-refractivity contribution is -0.134. The van der Waals surface area contributed by atoms with E-state index in [1.165, 1.54) is 11.8 Å². The molecule has 2 aromatic heterocycles. The fraction of sp³-hybridized carbons (Fsp3) is 0.520. The van der Waals surface area contributed by atoms with Crippen LogP contribution in [0.15, 0.2) is 35.7 Å². The Bertz CT molecular complexity index is 1080. The van der Waals surface area contributed by atoms with Gasteiger partial charge >= 0.3 is 0 Å². The second kappa shape index (κ2) is 13.4. The molecule has 2 amide bonds. The van der Waals surface area contributed by atoms with E-state index in [4.69, 9.17) is 16.9 Å². The summed E-state index contributed by atoms with van der Waals surface area (Å²) in [7, 11) is 0. The van der Waals surface area contributed by atoms with Gasteiger partial charge in [0.1, 0.15) is 11.0 Å². The first kappa shape index (κ1) is 27.7. The van der Waals surface area contributed by atoms with Crippen LogP contribution in [0.25, 0.3) is 0 Å². The summed E-state index contributed by atoms with van der Waals surface area (Å²) < 4.78 is 0. The van der Waals surface area contributed by atoms with Crippen molar-refractivity contribution in [1.29, 1.82) is 5.26 Å². The van der Waals surface area contributed by atoms with Crippen LogP contribution in [0.5, 0.6) is 0 Å². The van der Waals surface area contributed by atoms with Crippen LogP contribution < -0.4 is 4.90 Å². The maximum Gasteiger partial charge on any atom is 0.233 e. The van der Waals surface area contributed by atoms with E-state index in [0.29, 0.717) is 61.2 Å². The molecule has 0 bridgehead atoms. The number of rotatable bonds is 10. The lowest BCUT2D eigenvalue weighted by Crippen LogP contribution is -2.54. The second-order valence-corrected chi connectivity index (χ2v) is 10.5. The van der Waals surface area contributed by atoms with Crippen molar-refractivity contribution in [3.05, 3.63) is 41.3 Å². The predicted molar refractivity (Wildman–Crippen MR) is 140 cm³/mol. The molecule has 1 fully saturated rings. The highest BCUT2D eigenvalue weighted by atomic mass is 35.5. The van der Waals surface area contributed by atoms with Crippen LogP contribution in [0.1, 0.15) is 39.2 Å². The largest absolute Gasteiger partial charge is 0.353 e. The first-order valence-electron chi connectivity index (χ1n) is 12.0. The van der Waals surface area contributed by atoms with Crippen molar-refractivity contribution < 1.29 is 9.59 Å². The first-order valence-corrected chi connectivity index (χ1v) is 13.4. The number of piperazine rings is 1. The summed E-state index contributed by atoms with van der Waals surface area (Å²) in [6, 6.07) is 7.58. The number of nitrogens with zero attached hydrogens (tertiary/aromatic N) is 7. The smallest absolute Gasteiger partial charge is 0.233 e. The van der Waals surface area contributed by atoms with Gasteiger partial charge in [0.2, 0.25) is 11.8 Å². The molecule has 1 aliphatic rings. The summed E-state index contributed by atoms with van der Waals surface area (Å²) >= 11 is 7.52. The van der Waals surface area contributed by atoms with Gasteiger partial charge in [-0.25, -0.2) is 9.97 Å². The Kier molecular flexibility index (Phi) is 10.3. The minimum atomic E-state index is -0.116. The van der Waals surface area contributed by atoms with E-state index >= 15 is 0 Å². The molecule has 0 saturated carbocycles. The standard InChI is InChI=1S/C25H32ClN7O2S/c1-18(2)12-23(34)33-11-10-31(15-19(33)3)22-13-21(26)29-25(30-22)36-17-24(35)32(9-5-7-27)16-20-6-4-8-28-14-20/h4,6,8,13-14,18-19H,5,9-12,15-17H2,1-3H3. The SMILES string of the molecule is CC(C)CC(=O)N1CCN(c2cc(Cl)nc(SCC(=O)N(CCC#N)Cc3cccnc3)n2)CC1C. The van der Waals surface area contributed by atoms with Gasteiger partial charge in [-0.05, 0) is 24.5 Å². The average Bonchev–Trinajstić information content (AvgIpc) is 2.84. The zero-order valence-electron chi connectivity index (χ0n) is 20.9. The number of carbonyl (C=O) groups excluding carboxylic acids is 2. The van der Waals surface area contributed by atoms with Crippen LogP contribution in [0.4, 0.5) is 5.82 Å².